The molecule has 238 valence electrons. The Morgan fingerprint density at radius 3 is 1.89 bits per heavy atom. The average Bonchev–Trinajstić information content (AvgIpc) is 2.99. The van der Waals surface area contributed by atoms with Gasteiger partial charge in [-0.05, 0) is 48.2 Å². The number of amides is 3. The first-order chi connectivity index (χ1) is 21.2. The summed E-state index contributed by atoms with van der Waals surface area (Å²) in [6, 6.07) is 18.1. The molecular weight excluding hydrogens is 604 g/mol. The summed E-state index contributed by atoms with van der Waals surface area (Å²) >= 11 is 0. The van der Waals surface area contributed by atoms with Crippen molar-refractivity contribution in [3.05, 3.63) is 107 Å². The third kappa shape index (κ3) is 7.07. The van der Waals surface area contributed by atoms with Crippen LogP contribution in [0.25, 0.3) is 0 Å². The van der Waals surface area contributed by atoms with E-state index >= 15 is 0 Å². The number of hydrogen-bond donors (Lipinski definition) is 0. The van der Waals surface area contributed by atoms with E-state index in [1.54, 1.807) is 49.4 Å². The molecule has 0 saturated carbocycles. The molecular formula is C32H29F6N3O4. The van der Waals surface area contributed by atoms with Crippen LogP contribution in [0.3, 0.4) is 0 Å². The van der Waals surface area contributed by atoms with Gasteiger partial charge in [-0.3, -0.25) is 14.5 Å². The predicted octanol–water partition coefficient (Wildman–Crippen LogP) is 6.12. The number of carbonyl (C=O) groups is 3. The van der Waals surface area contributed by atoms with Gasteiger partial charge in [0, 0.05) is 13.1 Å². The molecule has 5 rings (SSSR count). The molecule has 0 radical (unpaired) electrons. The van der Waals surface area contributed by atoms with E-state index in [2.05, 4.69) is 0 Å². The Morgan fingerprint density at radius 2 is 1.33 bits per heavy atom. The molecule has 2 fully saturated rings. The molecule has 0 bridgehead atoms. The molecule has 3 aromatic rings. The molecule has 7 nitrogen and oxygen atoms in total. The first-order valence-corrected chi connectivity index (χ1v) is 14.1. The molecule has 13 heteroatoms. The highest BCUT2D eigenvalue weighted by Gasteiger charge is 2.50. The van der Waals surface area contributed by atoms with Crippen LogP contribution in [0, 0.1) is 5.92 Å². The van der Waals surface area contributed by atoms with Gasteiger partial charge in [-0.2, -0.15) is 26.3 Å². The molecule has 2 saturated heterocycles. The fourth-order valence-electron chi connectivity index (χ4n) is 5.77. The summed E-state index contributed by atoms with van der Waals surface area (Å²) in [4.78, 5) is 44.8. The quantitative estimate of drug-likeness (QED) is 0.307. The molecule has 3 atom stereocenters. The van der Waals surface area contributed by atoms with Crippen molar-refractivity contribution < 1.29 is 45.5 Å². The largest absolute Gasteiger partial charge is 0.444 e. The number of piperazine rings is 1. The fraction of sp³-hybridized carbons (Fsp3) is 0.344. The van der Waals surface area contributed by atoms with E-state index in [4.69, 9.17) is 4.74 Å². The van der Waals surface area contributed by atoms with Crippen molar-refractivity contribution in [1.82, 2.24) is 14.7 Å². The van der Waals surface area contributed by atoms with E-state index in [-0.39, 0.29) is 43.9 Å². The van der Waals surface area contributed by atoms with Crippen LogP contribution in [0.15, 0.2) is 78.9 Å². The molecule has 0 N–H and O–H groups in total. The Bertz CT molecular complexity index is 1520. The highest BCUT2D eigenvalue weighted by molar-refractivity contribution is 5.91. The highest BCUT2D eigenvalue weighted by Crippen LogP contribution is 2.37. The van der Waals surface area contributed by atoms with Crippen LogP contribution in [0.4, 0.5) is 31.1 Å². The number of ether oxygens (including phenoxy) is 1. The van der Waals surface area contributed by atoms with E-state index < -0.39 is 59.9 Å². The van der Waals surface area contributed by atoms with Gasteiger partial charge in [0.1, 0.15) is 18.8 Å². The van der Waals surface area contributed by atoms with Crippen LogP contribution in [-0.2, 0) is 46.3 Å². The average molecular weight is 634 g/mol. The summed E-state index contributed by atoms with van der Waals surface area (Å²) in [5.41, 5.74) is -1.95. The summed E-state index contributed by atoms with van der Waals surface area (Å²) in [5, 5.41) is 0. The second kappa shape index (κ2) is 12.4. The molecule has 0 spiro atoms. The number of halogens is 6. The number of rotatable bonds is 6. The second-order valence-electron chi connectivity index (χ2n) is 11.1. The van der Waals surface area contributed by atoms with Crippen LogP contribution < -0.4 is 0 Å². The SMILES string of the molecule is C[C@H]1C(=O)N(Cc2ccccc2)C[C@@H]2N(C(=O)OCc3cc(C(F)(F)F)cc(C(F)(F)F)c3)C[C@@H](Cc3ccccc3)C(=O)N21. The molecule has 0 unspecified atom stereocenters. The zero-order valence-corrected chi connectivity index (χ0v) is 24.0. The minimum absolute atomic E-state index is 0.00459. The van der Waals surface area contributed by atoms with E-state index in [0.717, 1.165) is 11.1 Å². The Hall–Kier alpha value is -4.55. The maximum Gasteiger partial charge on any atom is 0.416 e. The molecule has 2 heterocycles. The van der Waals surface area contributed by atoms with Crippen LogP contribution in [0.5, 0.6) is 0 Å². The lowest BCUT2D eigenvalue weighted by atomic mass is 9.92. The maximum atomic E-state index is 13.8. The number of hydrogen-bond acceptors (Lipinski definition) is 4. The summed E-state index contributed by atoms with van der Waals surface area (Å²) < 4.78 is 85.6. The third-order valence-corrected chi connectivity index (χ3v) is 7.96. The number of fused-ring (bicyclic) bond motifs is 1. The van der Waals surface area contributed by atoms with Gasteiger partial charge in [-0.25, -0.2) is 4.79 Å². The van der Waals surface area contributed by atoms with E-state index in [9.17, 15) is 40.7 Å². The van der Waals surface area contributed by atoms with Gasteiger partial charge in [-0.15, -0.1) is 0 Å². The van der Waals surface area contributed by atoms with Crippen molar-refractivity contribution in [2.24, 2.45) is 5.92 Å². The van der Waals surface area contributed by atoms with Crippen LogP contribution in [0.2, 0.25) is 0 Å². The summed E-state index contributed by atoms with van der Waals surface area (Å²) in [5.74, 6) is -1.46. The first kappa shape index (κ1) is 31.9. The van der Waals surface area contributed by atoms with Gasteiger partial charge in [0.25, 0.3) is 0 Å². The minimum atomic E-state index is -5.06. The van der Waals surface area contributed by atoms with Crippen molar-refractivity contribution in [2.75, 3.05) is 13.1 Å². The van der Waals surface area contributed by atoms with E-state index in [1.807, 2.05) is 18.2 Å². The lowest BCUT2D eigenvalue weighted by molar-refractivity contribution is -0.172. The van der Waals surface area contributed by atoms with Crippen molar-refractivity contribution >= 4 is 17.9 Å². The van der Waals surface area contributed by atoms with Gasteiger partial charge >= 0.3 is 18.4 Å². The number of nitrogens with zero attached hydrogens (tertiary/aromatic N) is 3. The van der Waals surface area contributed by atoms with Gasteiger partial charge in [-0.1, -0.05) is 60.7 Å². The third-order valence-electron chi connectivity index (χ3n) is 7.96. The fourth-order valence-corrected chi connectivity index (χ4v) is 5.77. The second-order valence-corrected chi connectivity index (χ2v) is 11.1. The lowest BCUT2D eigenvalue weighted by Gasteiger charge is -2.53. The van der Waals surface area contributed by atoms with Crippen molar-refractivity contribution in [1.29, 1.82) is 0 Å². The minimum Gasteiger partial charge on any atom is -0.444 e. The Morgan fingerprint density at radius 1 is 0.778 bits per heavy atom. The summed E-state index contributed by atoms with van der Waals surface area (Å²) in [7, 11) is 0. The van der Waals surface area contributed by atoms with Gasteiger partial charge in [0.15, 0.2) is 0 Å². The Balaban J connectivity index is 1.43. The van der Waals surface area contributed by atoms with E-state index in [0.29, 0.717) is 12.1 Å². The van der Waals surface area contributed by atoms with Gasteiger partial charge in [0.2, 0.25) is 11.8 Å². The van der Waals surface area contributed by atoms with Gasteiger partial charge in [0.05, 0.1) is 23.6 Å². The molecule has 3 aromatic carbocycles. The van der Waals surface area contributed by atoms with Crippen LogP contribution in [-0.4, -0.2) is 57.9 Å². The smallest absolute Gasteiger partial charge is 0.416 e. The van der Waals surface area contributed by atoms with Crippen LogP contribution in [0.1, 0.15) is 34.7 Å². The number of benzene rings is 3. The molecule has 2 aliphatic rings. The topological polar surface area (TPSA) is 70.2 Å². The lowest BCUT2D eigenvalue weighted by Crippen LogP contribution is -2.72. The van der Waals surface area contributed by atoms with Crippen LogP contribution >= 0.6 is 0 Å². The summed E-state index contributed by atoms with van der Waals surface area (Å²) in [6.07, 6.45) is -11.9. The molecule has 45 heavy (non-hydrogen) atoms. The Kier molecular flexibility index (Phi) is 8.81. The number of alkyl halides is 6. The standard InChI is InChI=1S/C32H29F6N3O4/c1-20-28(42)39(16-22-10-6-3-7-11-22)18-27-40(17-24(29(43)41(20)27)12-21-8-4-2-5-9-21)30(44)45-19-23-13-25(31(33,34)35)15-26(14-23)32(36,37)38/h2-11,13-15,20,24,27H,12,16-19H2,1H3/t20-,24+,27+/m0/s1. The van der Waals surface area contributed by atoms with Crippen molar-refractivity contribution in [2.45, 2.75) is 51.1 Å². The zero-order chi connectivity index (χ0) is 32.5. The highest BCUT2D eigenvalue weighted by atomic mass is 19.4. The molecule has 2 aliphatic heterocycles. The maximum absolute atomic E-state index is 13.8. The molecule has 3 amide bonds. The number of carbonyl (C=O) groups excluding carboxylic acids is 3. The van der Waals surface area contributed by atoms with Crippen molar-refractivity contribution in [3.63, 3.8) is 0 Å². The van der Waals surface area contributed by atoms with Gasteiger partial charge < -0.3 is 14.5 Å². The summed E-state index contributed by atoms with van der Waals surface area (Å²) in [6.45, 7) is 0.668. The predicted molar refractivity (Wildman–Crippen MR) is 149 cm³/mol. The van der Waals surface area contributed by atoms with Crippen molar-refractivity contribution in [3.8, 4) is 0 Å². The molecule has 0 aliphatic carbocycles. The molecule has 0 aromatic heterocycles. The zero-order valence-electron chi connectivity index (χ0n) is 24.0. The normalized spacial score (nSPS) is 20.7. The monoisotopic (exact) mass is 633 g/mol. The Labute approximate surface area is 255 Å². The van der Waals surface area contributed by atoms with E-state index in [1.165, 1.54) is 14.7 Å². The first-order valence-electron chi connectivity index (χ1n) is 14.1.